The van der Waals surface area contributed by atoms with Gasteiger partial charge in [-0.15, -0.1) is 0 Å². The molecule has 0 spiro atoms. The van der Waals surface area contributed by atoms with Crippen LogP contribution in [-0.2, 0) is 30.3 Å². The van der Waals surface area contributed by atoms with E-state index in [1.165, 1.54) is 10.8 Å². The number of hydrogen-bond donors (Lipinski definition) is 6. The summed E-state index contributed by atoms with van der Waals surface area (Å²) in [6.45, 7) is 1.09. The molecule has 0 radical (unpaired) electrons. The molecule has 2 heterocycles. The molecule has 1 aromatic carbocycles. The summed E-state index contributed by atoms with van der Waals surface area (Å²) < 4.78 is 7.01. The van der Waals surface area contributed by atoms with E-state index in [0.717, 1.165) is 0 Å². The smallest absolute Gasteiger partial charge is 0.326 e. The van der Waals surface area contributed by atoms with Crippen molar-refractivity contribution in [3.8, 4) is 0 Å². The van der Waals surface area contributed by atoms with E-state index < -0.39 is 67.2 Å². The van der Waals surface area contributed by atoms with Gasteiger partial charge < -0.3 is 40.2 Å². The molecule has 1 fully saturated rings. The molecular weight excluding hydrogens is 440 g/mol. The molecule has 0 saturated carbocycles. The molecule has 0 aliphatic carbocycles. The minimum absolute atomic E-state index is 0.320. The Labute approximate surface area is 187 Å². The van der Waals surface area contributed by atoms with E-state index in [9.17, 15) is 34.5 Å². The number of carboxylic acids is 2. The Hall–Kier alpha value is -3.32. The minimum atomic E-state index is -1.74. The van der Waals surface area contributed by atoms with Crippen molar-refractivity contribution >= 4 is 34.5 Å². The number of fused-ring (bicyclic) bond motifs is 1. The van der Waals surface area contributed by atoms with Gasteiger partial charge in [-0.25, -0.2) is 4.79 Å². The Kier molecular flexibility index (Phi) is 7.12. The number of aliphatic carboxylic acids is 2. The molecular formula is C21H24N2O10. The van der Waals surface area contributed by atoms with Crippen LogP contribution in [0.5, 0.6) is 0 Å². The molecule has 6 N–H and O–H groups in total. The third kappa shape index (κ3) is 4.88. The number of carbonyl (C=O) groups excluding carboxylic acids is 2. The van der Waals surface area contributed by atoms with Crippen molar-refractivity contribution in [2.45, 2.75) is 50.3 Å². The average Bonchev–Trinajstić information content (AvgIpc) is 3.10. The number of aliphatic hydroxyl groups excluding tert-OH is 3. The number of rotatable bonds is 8. The van der Waals surface area contributed by atoms with Crippen LogP contribution in [0.25, 0.3) is 10.9 Å². The monoisotopic (exact) mass is 464 g/mol. The number of aliphatic hydroxyl groups is 3. The van der Waals surface area contributed by atoms with Gasteiger partial charge in [0.05, 0.1) is 25.0 Å². The van der Waals surface area contributed by atoms with E-state index in [0.29, 0.717) is 22.0 Å². The summed E-state index contributed by atoms with van der Waals surface area (Å²) in [5, 5.41) is 50.5. The third-order valence-corrected chi connectivity index (χ3v) is 5.47. The molecule has 5 atom stereocenters. The normalized spacial score (nSPS) is 23.9. The zero-order chi connectivity index (χ0) is 24.4. The van der Waals surface area contributed by atoms with Crippen molar-refractivity contribution in [2.75, 3.05) is 6.61 Å². The minimum Gasteiger partial charge on any atom is -0.481 e. The summed E-state index contributed by atoms with van der Waals surface area (Å²) >= 11 is 0. The fourth-order valence-electron chi connectivity index (χ4n) is 3.88. The predicted molar refractivity (Wildman–Crippen MR) is 110 cm³/mol. The first kappa shape index (κ1) is 24.3. The second kappa shape index (κ2) is 9.67. The van der Waals surface area contributed by atoms with Crippen molar-refractivity contribution in [2.24, 2.45) is 0 Å². The number of benzene rings is 1. The number of aryl methyl sites for hydroxylation is 1. The molecule has 1 aromatic heterocycles. The molecule has 1 unspecified atom stereocenters. The summed E-state index contributed by atoms with van der Waals surface area (Å²) in [6, 6.07) is 3.55. The van der Waals surface area contributed by atoms with Gasteiger partial charge in [0, 0.05) is 11.6 Å². The zero-order valence-corrected chi connectivity index (χ0v) is 17.5. The number of aromatic nitrogens is 1. The van der Waals surface area contributed by atoms with Crippen LogP contribution in [0, 0.1) is 6.92 Å². The number of carboxylic acid groups (broad SMARTS) is 2. The SMILES string of the molecule is Cc1cccc2c(CC(=O)N[C@H](CC(=O)O)C(=O)O)cn([C@@H]3OC(CO)[C@@H](O)C(=O)[C@H]3O)c12. The topological polar surface area (TPSA) is 196 Å². The maximum absolute atomic E-state index is 12.5. The summed E-state index contributed by atoms with van der Waals surface area (Å²) in [6.07, 6.45) is -5.65. The molecule has 2 aromatic rings. The fourth-order valence-corrected chi connectivity index (χ4v) is 3.88. The van der Waals surface area contributed by atoms with E-state index >= 15 is 0 Å². The summed E-state index contributed by atoms with van der Waals surface area (Å²) in [5.41, 5.74) is 1.63. The van der Waals surface area contributed by atoms with Gasteiger partial charge in [0.2, 0.25) is 5.91 Å². The van der Waals surface area contributed by atoms with Crippen molar-refractivity contribution < 1.29 is 49.4 Å². The van der Waals surface area contributed by atoms with Crippen LogP contribution in [-0.4, -0.2) is 84.7 Å². The van der Waals surface area contributed by atoms with Gasteiger partial charge in [-0.1, -0.05) is 18.2 Å². The highest BCUT2D eigenvalue weighted by atomic mass is 16.5. The lowest BCUT2D eigenvalue weighted by atomic mass is 10.00. The van der Waals surface area contributed by atoms with Gasteiger partial charge in [-0.3, -0.25) is 14.4 Å². The van der Waals surface area contributed by atoms with Gasteiger partial charge in [-0.05, 0) is 18.1 Å². The van der Waals surface area contributed by atoms with Crippen LogP contribution in [0.2, 0.25) is 0 Å². The van der Waals surface area contributed by atoms with Gasteiger partial charge in [-0.2, -0.15) is 0 Å². The summed E-state index contributed by atoms with van der Waals surface area (Å²) in [4.78, 5) is 46.9. The molecule has 0 bridgehead atoms. The van der Waals surface area contributed by atoms with Crippen molar-refractivity contribution in [1.82, 2.24) is 9.88 Å². The van der Waals surface area contributed by atoms with Crippen molar-refractivity contribution in [1.29, 1.82) is 0 Å². The van der Waals surface area contributed by atoms with Crippen LogP contribution in [0.4, 0.5) is 0 Å². The van der Waals surface area contributed by atoms with Crippen LogP contribution in [0.15, 0.2) is 24.4 Å². The molecule has 1 amide bonds. The fraction of sp³-hybridized carbons (Fsp3) is 0.429. The second-order valence-corrected chi connectivity index (χ2v) is 7.81. The largest absolute Gasteiger partial charge is 0.481 e. The summed E-state index contributed by atoms with van der Waals surface area (Å²) in [7, 11) is 0. The maximum atomic E-state index is 12.5. The first-order chi connectivity index (χ1) is 15.5. The highest BCUT2D eigenvalue weighted by molar-refractivity contribution is 5.93. The van der Waals surface area contributed by atoms with Crippen molar-refractivity contribution in [3.05, 3.63) is 35.5 Å². The number of para-hydroxylation sites is 1. The lowest BCUT2D eigenvalue weighted by Gasteiger charge is -2.36. The Balaban J connectivity index is 1.96. The lowest BCUT2D eigenvalue weighted by molar-refractivity contribution is -0.203. The van der Waals surface area contributed by atoms with Crippen molar-refractivity contribution in [3.63, 3.8) is 0 Å². The third-order valence-electron chi connectivity index (χ3n) is 5.47. The van der Waals surface area contributed by atoms with Crippen LogP contribution < -0.4 is 5.32 Å². The Morgan fingerprint density at radius 2 is 1.88 bits per heavy atom. The molecule has 1 aliphatic rings. The van der Waals surface area contributed by atoms with Crippen LogP contribution in [0.1, 0.15) is 23.8 Å². The summed E-state index contributed by atoms with van der Waals surface area (Å²) in [5.74, 6) is -4.54. The van der Waals surface area contributed by atoms with Gasteiger partial charge >= 0.3 is 11.9 Å². The maximum Gasteiger partial charge on any atom is 0.326 e. The average molecular weight is 464 g/mol. The molecule has 33 heavy (non-hydrogen) atoms. The Morgan fingerprint density at radius 1 is 1.18 bits per heavy atom. The molecule has 1 saturated heterocycles. The lowest BCUT2D eigenvalue weighted by Crippen LogP contribution is -2.53. The van der Waals surface area contributed by atoms with E-state index in [2.05, 4.69) is 5.32 Å². The number of hydrogen-bond acceptors (Lipinski definition) is 8. The Morgan fingerprint density at radius 3 is 2.48 bits per heavy atom. The second-order valence-electron chi connectivity index (χ2n) is 7.81. The first-order valence-electron chi connectivity index (χ1n) is 10.0. The van der Waals surface area contributed by atoms with E-state index in [1.54, 1.807) is 25.1 Å². The number of Topliss-reactive ketones (excluding diaryl/α,β-unsaturated/α-hetero) is 1. The van der Waals surface area contributed by atoms with Crippen LogP contribution >= 0.6 is 0 Å². The van der Waals surface area contributed by atoms with E-state index in [4.69, 9.17) is 14.9 Å². The molecule has 12 nitrogen and oxygen atoms in total. The standard InChI is InChI=1S/C21H24N2O10/c1-9-3-2-4-11-10(5-14(25)22-12(21(31)32)6-15(26)27)7-23(16(9)11)20-19(30)18(29)17(28)13(8-24)33-20/h2-4,7,12-13,17,19-20,24,28,30H,5-6,8H2,1H3,(H,22,25)(H,26,27)(H,31,32)/t12-,13?,17-,19-,20-/m1/s1. The quantitative estimate of drug-likeness (QED) is 0.274. The van der Waals surface area contributed by atoms with E-state index in [-0.39, 0.29) is 6.42 Å². The molecule has 178 valence electrons. The highest BCUT2D eigenvalue weighted by Crippen LogP contribution is 2.33. The molecule has 12 heteroatoms. The number of nitrogens with one attached hydrogen (secondary N) is 1. The highest BCUT2D eigenvalue weighted by Gasteiger charge is 2.44. The first-order valence-corrected chi connectivity index (χ1v) is 10.0. The van der Waals surface area contributed by atoms with E-state index in [1.807, 2.05) is 0 Å². The number of ether oxygens (including phenoxy) is 1. The number of nitrogens with zero attached hydrogens (tertiary/aromatic N) is 1. The molecule has 3 rings (SSSR count). The number of amides is 1. The molecule has 1 aliphatic heterocycles. The van der Waals surface area contributed by atoms with Gasteiger partial charge in [0.15, 0.2) is 18.1 Å². The van der Waals surface area contributed by atoms with Crippen LogP contribution in [0.3, 0.4) is 0 Å². The van der Waals surface area contributed by atoms with Gasteiger partial charge in [0.1, 0.15) is 18.2 Å². The van der Waals surface area contributed by atoms with Gasteiger partial charge in [0.25, 0.3) is 0 Å². The zero-order valence-electron chi connectivity index (χ0n) is 17.5. The predicted octanol–water partition coefficient (Wildman–Crippen LogP) is -1.28. The Bertz CT molecular complexity index is 1090. The number of ketones is 1. The number of carbonyl (C=O) groups is 4.